The van der Waals surface area contributed by atoms with Crippen LogP contribution >= 0.6 is 7.37 Å². The van der Waals surface area contributed by atoms with Gasteiger partial charge in [0.15, 0.2) is 0 Å². The van der Waals surface area contributed by atoms with E-state index in [0.717, 1.165) is 5.56 Å². The van der Waals surface area contributed by atoms with E-state index in [2.05, 4.69) is 0 Å². The first-order chi connectivity index (χ1) is 7.43. The Labute approximate surface area is 96.6 Å². The second kappa shape index (κ2) is 5.62. The summed E-state index contributed by atoms with van der Waals surface area (Å²) in [5, 5.41) is 9.62. The quantitative estimate of drug-likeness (QED) is 0.780. The van der Waals surface area contributed by atoms with Gasteiger partial charge in [0.05, 0.1) is 0 Å². The molecule has 16 heavy (non-hydrogen) atoms. The lowest BCUT2D eigenvalue weighted by atomic mass is 10.2. The topological polar surface area (TPSA) is 57.5 Å². The van der Waals surface area contributed by atoms with E-state index >= 15 is 0 Å². The maximum absolute atomic E-state index is 11.8. The minimum Gasteiger partial charge on any atom is -0.383 e. The normalized spacial score (nSPS) is 17.1. The van der Waals surface area contributed by atoms with E-state index in [-0.39, 0.29) is 12.1 Å². The van der Waals surface area contributed by atoms with Crippen LogP contribution in [0.25, 0.3) is 0 Å². The van der Waals surface area contributed by atoms with Crippen LogP contribution in [0.1, 0.15) is 19.4 Å². The van der Waals surface area contributed by atoms with Crippen molar-refractivity contribution in [2.75, 3.05) is 6.16 Å². The third-order valence-corrected chi connectivity index (χ3v) is 4.86. The van der Waals surface area contributed by atoms with Crippen molar-refractivity contribution in [2.45, 2.75) is 26.1 Å². The third-order valence-electron chi connectivity index (χ3n) is 2.57. The van der Waals surface area contributed by atoms with Crippen molar-refractivity contribution in [3.05, 3.63) is 35.9 Å². The van der Waals surface area contributed by atoms with Gasteiger partial charge in [0.2, 0.25) is 7.37 Å². The van der Waals surface area contributed by atoms with E-state index in [1.165, 1.54) is 0 Å². The molecule has 90 valence electrons. The maximum Gasteiger partial charge on any atom is 0.228 e. The highest BCUT2D eigenvalue weighted by Gasteiger charge is 2.30. The van der Waals surface area contributed by atoms with Gasteiger partial charge in [0.25, 0.3) is 0 Å². The smallest absolute Gasteiger partial charge is 0.228 e. The Morgan fingerprint density at radius 2 is 1.81 bits per heavy atom. The van der Waals surface area contributed by atoms with Crippen molar-refractivity contribution in [1.82, 2.24) is 0 Å². The van der Waals surface area contributed by atoms with E-state index in [4.69, 9.17) is 0 Å². The SMILES string of the molecule is CC(C)[C@@H](O)P(=O)(O)CCc1ccccc1. The van der Waals surface area contributed by atoms with Gasteiger partial charge in [-0.1, -0.05) is 44.2 Å². The third kappa shape index (κ3) is 3.75. The van der Waals surface area contributed by atoms with Gasteiger partial charge in [-0.15, -0.1) is 0 Å². The van der Waals surface area contributed by atoms with E-state index < -0.39 is 13.2 Å². The largest absolute Gasteiger partial charge is 0.383 e. The predicted octanol–water partition coefficient (Wildman–Crippen LogP) is 2.47. The van der Waals surface area contributed by atoms with Gasteiger partial charge in [0, 0.05) is 6.16 Å². The molecule has 0 saturated heterocycles. The molecule has 0 spiro atoms. The van der Waals surface area contributed by atoms with Crippen molar-refractivity contribution in [3.8, 4) is 0 Å². The average Bonchev–Trinajstić information content (AvgIpc) is 2.27. The Morgan fingerprint density at radius 3 is 2.31 bits per heavy atom. The lowest BCUT2D eigenvalue weighted by Gasteiger charge is -2.21. The predicted molar refractivity (Wildman–Crippen MR) is 65.7 cm³/mol. The molecule has 3 nitrogen and oxygen atoms in total. The zero-order valence-electron chi connectivity index (χ0n) is 9.71. The zero-order valence-corrected chi connectivity index (χ0v) is 10.6. The number of benzene rings is 1. The molecule has 0 aliphatic carbocycles. The molecule has 1 rings (SSSR count). The van der Waals surface area contributed by atoms with Crippen LogP contribution in [0.15, 0.2) is 30.3 Å². The second-order valence-electron chi connectivity index (χ2n) is 4.37. The number of aryl methyl sites for hydroxylation is 1. The highest BCUT2D eigenvalue weighted by molar-refractivity contribution is 7.58. The first-order valence-corrected chi connectivity index (χ1v) is 7.38. The highest BCUT2D eigenvalue weighted by atomic mass is 31.2. The van der Waals surface area contributed by atoms with Gasteiger partial charge < -0.3 is 10.00 Å². The number of aliphatic hydroxyl groups excluding tert-OH is 1. The van der Waals surface area contributed by atoms with Crippen LogP contribution < -0.4 is 0 Å². The first kappa shape index (κ1) is 13.4. The van der Waals surface area contributed by atoms with Crippen LogP contribution in [0.5, 0.6) is 0 Å². The fourth-order valence-electron chi connectivity index (χ4n) is 1.53. The number of hydrogen-bond acceptors (Lipinski definition) is 2. The van der Waals surface area contributed by atoms with E-state index in [1.54, 1.807) is 13.8 Å². The second-order valence-corrected chi connectivity index (χ2v) is 6.86. The Hall–Kier alpha value is -0.630. The first-order valence-electron chi connectivity index (χ1n) is 5.47. The fraction of sp³-hybridized carbons (Fsp3) is 0.500. The van der Waals surface area contributed by atoms with Crippen LogP contribution in [0.2, 0.25) is 0 Å². The molecule has 0 radical (unpaired) electrons. The van der Waals surface area contributed by atoms with Gasteiger partial charge in [-0.2, -0.15) is 0 Å². The molecule has 0 aliphatic heterocycles. The van der Waals surface area contributed by atoms with E-state index in [9.17, 15) is 14.6 Å². The lowest BCUT2D eigenvalue weighted by Crippen LogP contribution is -2.17. The molecule has 1 aromatic carbocycles. The molecular weight excluding hydrogens is 223 g/mol. The lowest BCUT2D eigenvalue weighted by molar-refractivity contribution is 0.183. The highest BCUT2D eigenvalue weighted by Crippen LogP contribution is 2.48. The molecule has 2 atom stereocenters. The molecule has 2 N–H and O–H groups in total. The molecule has 0 heterocycles. The Morgan fingerprint density at radius 1 is 1.25 bits per heavy atom. The van der Waals surface area contributed by atoms with E-state index in [1.807, 2.05) is 30.3 Å². The van der Waals surface area contributed by atoms with Crippen LogP contribution in [-0.4, -0.2) is 22.0 Å². The summed E-state index contributed by atoms with van der Waals surface area (Å²) in [5.74, 6) is -1.30. The maximum atomic E-state index is 11.8. The molecule has 0 bridgehead atoms. The summed E-state index contributed by atoms with van der Waals surface area (Å²) in [6, 6.07) is 9.54. The summed E-state index contributed by atoms with van der Waals surface area (Å²) in [5.41, 5.74) is 1.02. The van der Waals surface area contributed by atoms with Crippen LogP contribution in [0.4, 0.5) is 0 Å². The number of rotatable bonds is 5. The van der Waals surface area contributed by atoms with Crippen LogP contribution in [0, 0.1) is 5.92 Å². The average molecular weight is 242 g/mol. The molecule has 0 saturated carbocycles. The summed E-state index contributed by atoms with van der Waals surface area (Å²) in [6.45, 7) is 3.49. The number of hydrogen-bond donors (Lipinski definition) is 2. The van der Waals surface area contributed by atoms with Crippen molar-refractivity contribution < 1.29 is 14.6 Å². The number of aliphatic hydroxyl groups is 1. The van der Waals surface area contributed by atoms with Crippen molar-refractivity contribution in [2.24, 2.45) is 5.92 Å². The fourth-order valence-corrected chi connectivity index (χ4v) is 3.31. The molecule has 1 unspecified atom stereocenters. The molecule has 0 fully saturated rings. The standard InChI is InChI=1S/C12H19O3P/c1-10(2)12(13)16(14,15)9-8-11-6-4-3-5-7-11/h3-7,10,12-13H,8-9H2,1-2H3,(H,14,15)/t12-/m0/s1. The van der Waals surface area contributed by atoms with Gasteiger partial charge in [-0.25, -0.2) is 0 Å². The minimum atomic E-state index is -3.45. The summed E-state index contributed by atoms with van der Waals surface area (Å²) in [4.78, 5) is 9.72. The summed E-state index contributed by atoms with van der Waals surface area (Å²) < 4.78 is 11.8. The van der Waals surface area contributed by atoms with Gasteiger partial charge in [-0.3, -0.25) is 4.57 Å². The van der Waals surface area contributed by atoms with Crippen LogP contribution in [0.3, 0.4) is 0 Å². The van der Waals surface area contributed by atoms with Crippen LogP contribution in [-0.2, 0) is 11.0 Å². The summed E-state index contributed by atoms with van der Waals surface area (Å²) >= 11 is 0. The summed E-state index contributed by atoms with van der Waals surface area (Å²) in [6.07, 6.45) is 0.661. The van der Waals surface area contributed by atoms with Gasteiger partial charge >= 0.3 is 0 Å². The molecule has 0 amide bonds. The Bertz CT molecular complexity index is 362. The summed E-state index contributed by atoms with van der Waals surface area (Å²) in [7, 11) is -3.45. The van der Waals surface area contributed by atoms with E-state index in [0.29, 0.717) is 6.42 Å². The molecule has 1 aromatic rings. The molecule has 0 aromatic heterocycles. The minimum absolute atomic E-state index is 0.135. The molecule has 0 aliphatic rings. The Balaban J connectivity index is 2.58. The Kier molecular flexibility index (Phi) is 4.72. The van der Waals surface area contributed by atoms with Crippen molar-refractivity contribution in [3.63, 3.8) is 0 Å². The van der Waals surface area contributed by atoms with Crippen molar-refractivity contribution >= 4 is 7.37 Å². The van der Waals surface area contributed by atoms with Gasteiger partial charge in [0.1, 0.15) is 5.85 Å². The molecular formula is C12H19O3P. The van der Waals surface area contributed by atoms with Crippen molar-refractivity contribution in [1.29, 1.82) is 0 Å². The molecule has 4 heteroatoms. The van der Waals surface area contributed by atoms with Gasteiger partial charge in [-0.05, 0) is 17.9 Å². The monoisotopic (exact) mass is 242 g/mol. The zero-order chi connectivity index (χ0) is 12.2.